The molecule has 0 aromatic rings. The van der Waals surface area contributed by atoms with Crippen LogP contribution in [-0.2, 0) is 9.59 Å². The van der Waals surface area contributed by atoms with Gasteiger partial charge in [-0.05, 0) is 12.5 Å². The smallest absolute Gasteiger partial charge is 0.320 e. The number of hydrogen-bond acceptors (Lipinski definition) is 4. The highest BCUT2D eigenvalue weighted by Crippen LogP contribution is 1.95. The number of hydrogen-bond donors (Lipinski definition) is 4. The van der Waals surface area contributed by atoms with E-state index >= 15 is 0 Å². The summed E-state index contributed by atoms with van der Waals surface area (Å²) in [5.41, 5.74) is 5.17. The molecule has 2 unspecified atom stereocenters. The van der Waals surface area contributed by atoms with Crippen LogP contribution in [0.5, 0.6) is 0 Å². The van der Waals surface area contributed by atoms with E-state index in [1.54, 1.807) is 0 Å². The molecular weight excluding hydrogens is 188 g/mol. The third-order valence-corrected chi connectivity index (χ3v) is 1.53. The molecule has 0 fully saturated rings. The summed E-state index contributed by atoms with van der Waals surface area (Å²) < 4.78 is 0. The first-order chi connectivity index (χ1) is 6.47. The number of carboxylic acids is 1. The van der Waals surface area contributed by atoms with E-state index in [0.29, 0.717) is 0 Å². The number of aliphatic hydroxyl groups is 1. The molecule has 0 saturated heterocycles. The predicted octanol–water partition coefficient (Wildman–Crippen LogP) is -1.20. The molecule has 0 rings (SSSR count). The van der Waals surface area contributed by atoms with Crippen LogP contribution in [0, 0.1) is 0 Å². The number of amides is 1. The van der Waals surface area contributed by atoms with Gasteiger partial charge in [0.15, 0.2) is 0 Å². The van der Waals surface area contributed by atoms with Gasteiger partial charge in [-0.2, -0.15) is 0 Å². The van der Waals surface area contributed by atoms with Crippen LogP contribution in [0.3, 0.4) is 0 Å². The van der Waals surface area contributed by atoms with E-state index in [0.717, 1.165) is 6.08 Å². The average molecular weight is 202 g/mol. The fourth-order valence-electron chi connectivity index (χ4n) is 0.706. The van der Waals surface area contributed by atoms with E-state index in [2.05, 4.69) is 11.9 Å². The standard InChI is InChI=1S/C8H14N2O4/c1-2-6(11)10-7(12)4-3-5(9)8(13)14/h2,5-6,11H,1,3-4,9H2,(H,10,12)(H,13,14). The second-order valence-electron chi connectivity index (χ2n) is 2.73. The Hall–Kier alpha value is -1.40. The fraction of sp³-hybridized carbons (Fsp3) is 0.500. The Morgan fingerprint density at radius 2 is 2.14 bits per heavy atom. The van der Waals surface area contributed by atoms with Gasteiger partial charge in [0.1, 0.15) is 12.3 Å². The van der Waals surface area contributed by atoms with Crippen molar-refractivity contribution >= 4 is 11.9 Å². The lowest BCUT2D eigenvalue weighted by molar-refractivity contribution is -0.138. The molecule has 1 amide bonds. The van der Waals surface area contributed by atoms with Crippen LogP contribution in [0.15, 0.2) is 12.7 Å². The van der Waals surface area contributed by atoms with Gasteiger partial charge < -0.3 is 21.3 Å². The summed E-state index contributed by atoms with van der Waals surface area (Å²) in [6, 6.07) is -1.05. The minimum absolute atomic E-state index is 0.0328. The van der Waals surface area contributed by atoms with Crippen molar-refractivity contribution in [3.05, 3.63) is 12.7 Å². The first-order valence-electron chi connectivity index (χ1n) is 4.05. The summed E-state index contributed by atoms with van der Waals surface area (Å²) in [5.74, 6) is -1.61. The Morgan fingerprint density at radius 3 is 2.57 bits per heavy atom. The van der Waals surface area contributed by atoms with Gasteiger partial charge in [0.2, 0.25) is 5.91 Å². The highest BCUT2D eigenvalue weighted by molar-refractivity contribution is 5.78. The fourth-order valence-corrected chi connectivity index (χ4v) is 0.706. The van der Waals surface area contributed by atoms with Crippen molar-refractivity contribution in [1.29, 1.82) is 0 Å². The molecule has 0 aliphatic heterocycles. The molecule has 0 aromatic carbocycles. The number of carboxylic acid groups (broad SMARTS) is 1. The second kappa shape index (κ2) is 6.11. The number of nitrogens with one attached hydrogen (secondary N) is 1. The molecule has 0 spiro atoms. The summed E-state index contributed by atoms with van der Waals surface area (Å²) in [6.45, 7) is 3.25. The van der Waals surface area contributed by atoms with E-state index in [9.17, 15) is 9.59 Å². The SMILES string of the molecule is C=CC(O)NC(=O)CCC(N)C(=O)O. The molecule has 2 atom stereocenters. The van der Waals surface area contributed by atoms with Crippen LogP contribution in [0.1, 0.15) is 12.8 Å². The molecule has 0 aromatic heterocycles. The lowest BCUT2D eigenvalue weighted by atomic mass is 10.1. The molecule has 14 heavy (non-hydrogen) atoms. The molecule has 6 heteroatoms. The summed E-state index contributed by atoms with van der Waals surface area (Å²) in [7, 11) is 0. The van der Waals surface area contributed by atoms with E-state index < -0.39 is 24.1 Å². The minimum atomic E-state index is -1.15. The Kier molecular flexibility index (Phi) is 5.50. The number of carbonyl (C=O) groups excluding carboxylic acids is 1. The van der Waals surface area contributed by atoms with Gasteiger partial charge in [0, 0.05) is 6.42 Å². The lowest BCUT2D eigenvalue weighted by Crippen LogP contribution is -2.36. The van der Waals surface area contributed by atoms with Gasteiger partial charge in [0.25, 0.3) is 0 Å². The van der Waals surface area contributed by atoms with Crippen molar-refractivity contribution in [2.45, 2.75) is 25.1 Å². The normalized spacial score (nSPS) is 14.1. The zero-order valence-corrected chi connectivity index (χ0v) is 7.64. The van der Waals surface area contributed by atoms with Crippen molar-refractivity contribution in [2.75, 3.05) is 0 Å². The van der Waals surface area contributed by atoms with Crippen molar-refractivity contribution < 1.29 is 19.8 Å². The molecule has 0 saturated carbocycles. The summed E-state index contributed by atoms with van der Waals surface area (Å²) >= 11 is 0. The van der Waals surface area contributed by atoms with Crippen LogP contribution in [0.25, 0.3) is 0 Å². The molecule has 0 radical (unpaired) electrons. The third-order valence-electron chi connectivity index (χ3n) is 1.53. The summed E-state index contributed by atoms with van der Waals surface area (Å²) in [4.78, 5) is 21.2. The Labute approximate surface area is 81.4 Å². The van der Waals surface area contributed by atoms with E-state index in [-0.39, 0.29) is 12.8 Å². The number of nitrogens with two attached hydrogens (primary N) is 1. The molecule has 0 aliphatic carbocycles. The monoisotopic (exact) mass is 202 g/mol. The van der Waals surface area contributed by atoms with Crippen LogP contribution < -0.4 is 11.1 Å². The molecule has 6 nitrogen and oxygen atoms in total. The van der Waals surface area contributed by atoms with Crippen LogP contribution in [-0.4, -0.2) is 34.4 Å². The Bertz CT molecular complexity index is 229. The lowest BCUT2D eigenvalue weighted by Gasteiger charge is -2.09. The molecule has 80 valence electrons. The average Bonchev–Trinajstić information content (AvgIpc) is 2.13. The molecule has 0 aliphatic rings. The van der Waals surface area contributed by atoms with Crippen molar-refractivity contribution in [3.63, 3.8) is 0 Å². The molecule has 0 heterocycles. The maximum absolute atomic E-state index is 11.0. The van der Waals surface area contributed by atoms with Gasteiger partial charge in [-0.3, -0.25) is 9.59 Å². The zero-order chi connectivity index (χ0) is 11.1. The quantitative estimate of drug-likeness (QED) is 0.319. The summed E-state index contributed by atoms with van der Waals surface area (Å²) in [5, 5.41) is 19.5. The molecule has 5 N–H and O–H groups in total. The van der Waals surface area contributed by atoms with Crippen LogP contribution >= 0.6 is 0 Å². The van der Waals surface area contributed by atoms with Crippen molar-refractivity contribution in [3.8, 4) is 0 Å². The molecule has 0 bridgehead atoms. The first-order valence-corrected chi connectivity index (χ1v) is 4.05. The predicted molar refractivity (Wildman–Crippen MR) is 49.2 cm³/mol. The van der Waals surface area contributed by atoms with Crippen molar-refractivity contribution in [2.24, 2.45) is 5.73 Å². The number of aliphatic hydroxyl groups excluding tert-OH is 1. The maximum atomic E-state index is 11.0. The van der Waals surface area contributed by atoms with Gasteiger partial charge >= 0.3 is 5.97 Å². The van der Waals surface area contributed by atoms with Gasteiger partial charge in [-0.1, -0.05) is 6.58 Å². The topological polar surface area (TPSA) is 113 Å². The highest BCUT2D eigenvalue weighted by atomic mass is 16.4. The first kappa shape index (κ1) is 12.6. The largest absolute Gasteiger partial charge is 0.480 e. The Balaban J connectivity index is 3.74. The Morgan fingerprint density at radius 1 is 1.57 bits per heavy atom. The van der Waals surface area contributed by atoms with Gasteiger partial charge in [-0.25, -0.2) is 0 Å². The van der Waals surface area contributed by atoms with Crippen molar-refractivity contribution in [1.82, 2.24) is 5.32 Å². The summed E-state index contributed by atoms with van der Waals surface area (Å²) in [6.07, 6.45) is 0.0295. The minimum Gasteiger partial charge on any atom is -0.480 e. The number of carbonyl (C=O) groups is 2. The molecular formula is C8H14N2O4. The zero-order valence-electron chi connectivity index (χ0n) is 7.64. The third kappa shape index (κ3) is 5.28. The van der Waals surface area contributed by atoms with E-state index in [4.69, 9.17) is 15.9 Å². The number of rotatable bonds is 6. The van der Waals surface area contributed by atoms with Crippen LogP contribution in [0.4, 0.5) is 0 Å². The van der Waals surface area contributed by atoms with Crippen LogP contribution in [0.2, 0.25) is 0 Å². The number of aliphatic carboxylic acids is 1. The second-order valence-corrected chi connectivity index (χ2v) is 2.73. The maximum Gasteiger partial charge on any atom is 0.320 e. The van der Waals surface area contributed by atoms with E-state index in [1.807, 2.05) is 0 Å². The van der Waals surface area contributed by atoms with Gasteiger partial charge in [-0.15, -0.1) is 0 Å². The van der Waals surface area contributed by atoms with E-state index in [1.165, 1.54) is 0 Å². The highest BCUT2D eigenvalue weighted by Gasteiger charge is 2.13. The van der Waals surface area contributed by atoms with Gasteiger partial charge in [0.05, 0.1) is 0 Å².